The van der Waals surface area contributed by atoms with Crippen LogP contribution in [0.2, 0.25) is 0 Å². The Labute approximate surface area is 203 Å². The van der Waals surface area contributed by atoms with Crippen molar-refractivity contribution in [2.45, 2.75) is 52.5 Å². The SMILES string of the molecule is CCCc1ccc(CCNc2ccc(C(=CN)C(=NC(C)(C)C)c3ccc(F)cc3)cc2)cc1. The van der Waals surface area contributed by atoms with Crippen LogP contribution in [0.15, 0.2) is 84.0 Å². The van der Waals surface area contributed by atoms with Crippen molar-refractivity contribution in [3.63, 3.8) is 0 Å². The summed E-state index contributed by atoms with van der Waals surface area (Å²) in [6.07, 6.45) is 4.85. The molecule has 0 unspecified atom stereocenters. The topological polar surface area (TPSA) is 50.4 Å². The molecule has 3 nitrogen and oxygen atoms in total. The van der Waals surface area contributed by atoms with Crippen molar-refractivity contribution in [2.24, 2.45) is 10.7 Å². The molecule has 0 radical (unpaired) electrons. The Balaban J connectivity index is 1.71. The van der Waals surface area contributed by atoms with Gasteiger partial charge in [-0.1, -0.05) is 49.7 Å². The molecule has 178 valence electrons. The van der Waals surface area contributed by atoms with Crippen molar-refractivity contribution >= 4 is 17.0 Å². The second-order valence-corrected chi connectivity index (χ2v) is 9.54. The smallest absolute Gasteiger partial charge is 0.123 e. The Morgan fingerprint density at radius 3 is 1.94 bits per heavy atom. The van der Waals surface area contributed by atoms with Crippen LogP contribution in [0.25, 0.3) is 5.57 Å². The van der Waals surface area contributed by atoms with E-state index in [0.29, 0.717) is 0 Å². The summed E-state index contributed by atoms with van der Waals surface area (Å²) in [5.41, 5.74) is 12.9. The van der Waals surface area contributed by atoms with Crippen LogP contribution in [0.3, 0.4) is 0 Å². The van der Waals surface area contributed by atoms with E-state index in [1.54, 1.807) is 18.3 Å². The fourth-order valence-corrected chi connectivity index (χ4v) is 3.82. The van der Waals surface area contributed by atoms with Crippen LogP contribution in [0.4, 0.5) is 10.1 Å². The maximum absolute atomic E-state index is 13.5. The van der Waals surface area contributed by atoms with Crippen LogP contribution >= 0.6 is 0 Å². The summed E-state index contributed by atoms with van der Waals surface area (Å²) in [6.45, 7) is 9.17. The summed E-state index contributed by atoms with van der Waals surface area (Å²) in [5.74, 6) is -0.274. The van der Waals surface area contributed by atoms with E-state index in [1.807, 2.05) is 32.9 Å². The summed E-state index contributed by atoms with van der Waals surface area (Å²) >= 11 is 0. The number of aliphatic imine (C=N–C) groups is 1. The highest BCUT2D eigenvalue weighted by Gasteiger charge is 2.17. The van der Waals surface area contributed by atoms with Crippen molar-refractivity contribution in [3.8, 4) is 0 Å². The number of nitrogens with zero attached hydrogens (tertiary/aromatic N) is 1. The predicted molar refractivity (Wildman–Crippen MR) is 144 cm³/mol. The molecule has 3 N–H and O–H groups in total. The fourth-order valence-electron chi connectivity index (χ4n) is 3.82. The molecule has 3 rings (SSSR count). The normalized spacial score (nSPS) is 12.6. The predicted octanol–water partition coefficient (Wildman–Crippen LogP) is 7.02. The zero-order chi connectivity index (χ0) is 24.6. The third kappa shape index (κ3) is 7.31. The van der Waals surface area contributed by atoms with Crippen LogP contribution < -0.4 is 11.1 Å². The number of aryl methyl sites for hydroxylation is 1. The van der Waals surface area contributed by atoms with Crippen LogP contribution in [0.1, 0.15) is 56.4 Å². The number of allylic oxidation sites excluding steroid dienone is 1. The van der Waals surface area contributed by atoms with Gasteiger partial charge in [-0.3, -0.25) is 4.99 Å². The van der Waals surface area contributed by atoms with Gasteiger partial charge >= 0.3 is 0 Å². The number of anilines is 1. The second-order valence-electron chi connectivity index (χ2n) is 9.54. The van der Waals surface area contributed by atoms with Gasteiger partial charge in [0.05, 0.1) is 11.3 Å². The van der Waals surface area contributed by atoms with Gasteiger partial charge in [-0.05, 0) is 86.7 Å². The van der Waals surface area contributed by atoms with Crippen molar-refractivity contribution in [1.29, 1.82) is 0 Å². The minimum atomic E-state index is -0.311. The summed E-state index contributed by atoms with van der Waals surface area (Å²) in [6, 6.07) is 23.5. The number of benzene rings is 3. The molecular weight excluding hydrogens is 421 g/mol. The minimum Gasteiger partial charge on any atom is -0.404 e. The Morgan fingerprint density at radius 2 is 1.41 bits per heavy atom. The Morgan fingerprint density at radius 1 is 0.853 bits per heavy atom. The van der Waals surface area contributed by atoms with Gasteiger partial charge in [-0.25, -0.2) is 4.39 Å². The summed E-state index contributed by atoms with van der Waals surface area (Å²) in [7, 11) is 0. The fraction of sp³-hybridized carbons (Fsp3) is 0.300. The molecular formula is C30H36FN3. The first-order valence-electron chi connectivity index (χ1n) is 12.0. The van der Waals surface area contributed by atoms with Crippen LogP contribution in [-0.2, 0) is 12.8 Å². The lowest BCUT2D eigenvalue weighted by Crippen LogP contribution is -2.17. The molecule has 0 saturated carbocycles. The number of hydrogen-bond acceptors (Lipinski definition) is 3. The van der Waals surface area contributed by atoms with Crippen LogP contribution in [0, 0.1) is 5.82 Å². The molecule has 0 amide bonds. The molecule has 3 aromatic carbocycles. The molecule has 0 heterocycles. The molecule has 0 fully saturated rings. The third-order valence-corrected chi connectivity index (χ3v) is 5.49. The number of nitrogens with one attached hydrogen (secondary N) is 1. The van der Waals surface area contributed by atoms with Gasteiger partial charge in [-0.15, -0.1) is 0 Å². The molecule has 0 saturated heterocycles. The van der Waals surface area contributed by atoms with Crippen molar-refractivity contribution < 1.29 is 4.39 Å². The van der Waals surface area contributed by atoms with E-state index in [9.17, 15) is 4.39 Å². The van der Waals surface area contributed by atoms with Gasteiger partial charge in [0.1, 0.15) is 5.82 Å². The highest BCUT2D eigenvalue weighted by molar-refractivity contribution is 6.31. The van der Waals surface area contributed by atoms with E-state index in [4.69, 9.17) is 10.7 Å². The van der Waals surface area contributed by atoms with Gasteiger partial charge in [-0.2, -0.15) is 0 Å². The Kier molecular flexibility index (Phi) is 8.64. The number of halogens is 1. The lowest BCUT2D eigenvalue weighted by Gasteiger charge is -2.19. The van der Waals surface area contributed by atoms with Crippen molar-refractivity contribution in [1.82, 2.24) is 0 Å². The van der Waals surface area contributed by atoms with E-state index < -0.39 is 0 Å². The molecule has 0 bridgehead atoms. The summed E-state index contributed by atoms with van der Waals surface area (Å²) in [5, 5.41) is 3.50. The van der Waals surface area contributed by atoms with E-state index in [0.717, 1.165) is 47.5 Å². The van der Waals surface area contributed by atoms with E-state index in [-0.39, 0.29) is 11.4 Å². The molecule has 0 aliphatic carbocycles. The molecule has 0 spiro atoms. The lowest BCUT2D eigenvalue weighted by atomic mass is 9.95. The molecule has 0 aromatic heterocycles. The summed E-state index contributed by atoms with van der Waals surface area (Å²) in [4.78, 5) is 4.91. The maximum atomic E-state index is 13.5. The Hall–Kier alpha value is -3.40. The molecule has 3 aromatic rings. The number of rotatable bonds is 9. The average Bonchev–Trinajstić information content (AvgIpc) is 2.81. The van der Waals surface area contributed by atoms with Crippen LogP contribution in [-0.4, -0.2) is 17.8 Å². The highest BCUT2D eigenvalue weighted by Crippen LogP contribution is 2.25. The summed E-state index contributed by atoms with van der Waals surface area (Å²) < 4.78 is 13.5. The second kappa shape index (κ2) is 11.6. The van der Waals surface area contributed by atoms with Gasteiger partial charge in [0, 0.05) is 29.6 Å². The standard InChI is InChI=1S/C30H36FN3/c1-5-6-22-7-9-23(10-8-22)19-20-33-27-17-13-24(14-18-27)28(21-32)29(34-30(2,3)4)25-11-15-26(31)16-12-25/h7-18,21,33H,5-6,19-20,32H2,1-4H3. The quantitative estimate of drug-likeness (QED) is 0.339. The number of hydrogen-bond donors (Lipinski definition) is 2. The molecule has 34 heavy (non-hydrogen) atoms. The van der Waals surface area contributed by atoms with Gasteiger partial charge in [0.25, 0.3) is 0 Å². The molecule has 0 aliphatic heterocycles. The monoisotopic (exact) mass is 457 g/mol. The zero-order valence-electron chi connectivity index (χ0n) is 20.7. The van der Waals surface area contributed by atoms with Gasteiger partial charge in [0.15, 0.2) is 0 Å². The van der Waals surface area contributed by atoms with Gasteiger partial charge in [0.2, 0.25) is 0 Å². The highest BCUT2D eigenvalue weighted by atomic mass is 19.1. The first kappa shape index (κ1) is 25.2. The lowest BCUT2D eigenvalue weighted by molar-refractivity contribution is 0.585. The van der Waals surface area contributed by atoms with E-state index in [2.05, 4.69) is 48.6 Å². The first-order valence-corrected chi connectivity index (χ1v) is 12.0. The minimum absolute atomic E-state index is 0.274. The van der Waals surface area contributed by atoms with Crippen LogP contribution in [0.5, 0.6) is 0 Å². The third-order valence-electron chi connectivity index (χ3n) is 5.49. The van der Waals surface area contributed by atoms with E-state index >= 15 is 0 Å². The van der Waals surface area contributed by atoms with Gasteiger partial charge < -0.3 is 11.1 Å². The molecule has 0 atom stereocenters. The number of nitrogens with two attached hydrogens (primary N) is 1. The van der Waals surface area contributed by atoms with Crippen molar-refractivity contribution in [3.05, 3.63) is 107 Å². The average molecular weight is 458 g/mol. The first-order chi connectivity index (χ1) is 16.3. The molecule has 0 aliphatic rings. The maximum Gasteiger partial charge on any atom is 0.123 e. The van der Waals surface area contributed by atoms with Crippen molar-refractivity contribution in [2.75, 3.05) is 11.9 Å². The zero-order valence-corrected chi connectivity index (χ0v) is 20.7. The Bertz CT molecular complexity index is 1100. The van der Waals surface area contributed by atoms with E-state index in [1.165, 1.54) is 29.7 Å². The largest absolute Gasteiger partial charge is 0.404 e. The molecule has 4 heteroatoms.